The lowest BCUT2D eigenvalue weighted by atomic mass is 9.74. The standard InChI is InChI=1S/C15H22BrNO/c1-3-13-14(5-4-12(2)10-16)18-11-15(13)6-8-17-9-7-15/h3-5,12,17H,1,6-11H2,2H3/b5-4-. The van der Waals surface area contributed by atoms with Gasteiger partial charge in [-0.3, -0.25) is 0 Å². The van der Waals surface area contributed by atoms with Crippen molar-refractivity contribution in [1.82, 2.24) is 5.32 Å². The van der Waals surface area contributed by atoms with Crippen LogP contribution in [-0.4, -0.2) is 25.0 Å². The molecule has 0 aliphatic carbocycles. The van der Waals surface area contributed by atoms with Crippen LogP contribution in [0, 0.1) is 11.3 Å². The van der Waals surface area contributed by atoms with Crippen LogP contribution in [0.15, 0.2) is 36.1 Å². The first-order chi connectivity index (χ1) is 8.72. The molecule has 2 heterocycles. The van der Waals surface area contributed by atoms with Crippen LogP contribution in [0.5, 0.6) is 0 Å². The molecule has 1 unspecified atom stereocenters. The van der Waals surface area contributed by atoms with Crippen LogP contribution in [0.3, 0.4) is 0 Å². The number of hydrogen-bond acceptors (Lipinski definition) is 2. The number of alkyl halides is 1. The lowest BCUT2D eigenvalue weighted by Crippen LogP contribution is -2.38. The molecule has 0 aromatic heterocycles. The Labute approximate surface area is 118 Å². The third-order valence-electron chi connectivity index (χ3n) is 3.93. The Morgan fingerprint density at radius 3 is 2.83 bits per heavy atom. The van der Waals surface area contributed by atoms with Crippen LogP contribution in [0.2, 0.25) is 0 Å². The zero-order valence-electron chi connectivity index (χ0n) is 11.0. The lowest BCUT2D eigenvalue weighted by molar-refractivity contribution is 0.141. The maximum absolute atomic E-state index is 5.92. The van der Waals surface area contributed by atoms with Crippen molar-refractivity contribution in [2.24, 2.45) is 11.3 Å². The highest BCUT2D eigenvalue weighted by Gasteiger charge is 2.41. The molecule has 0 amide bonds. The maximum atomic E-state index is 5.92. The minimum atomic E-state index is 0.213. The summed E-state index contributed by atoms with van der Waals surface area (Å²) < 4.78 is 5.92. The summed E-state index contributed by atoms with van der Waals surface area (Å²) in [6.45, 7) is 9.15. The third kappa shape index (κ3) is 2.72. The molecule has 0 radical (unpaired) electrons. The highest BCUT2D eigenvalue weighted by atomic mass is 79.9. The van der Waals surface area contributed by atoms with Crippen molar-refractivity contribution in [3.05, 3.63) is 36.1 Å². The summed E-state index contributed by atoms with van der Waals surface area (Å²) in [6.07, 6.45) is 8.63. The Hall–Kier alpha value is -0.540. The molecule has 18 heavy (non-hydrogen) atoms. The number of ether oxygens (including phenoxy) is 1. The van der Waals surface area contributed by atoms with E-state index in [2.05, 4.69) is 46.9 Å². The van der Waals surface area contributed by atoms with E-state index in [9.17, 15) is 0 Å². The van der Waals surface area contributed by atoms with E-state index < -0.39 is 0 Å². The van der Waals surface area contributed by atoms with Crippen LogP contribution in [0.25, 0.3) is 0 Å². The molecule has 3 heteroatoms. The van der Waals surface area contributed by atoms with Crippen LogP contribution >= 0.6 is 15.9 Å². The maximum Gasteiger partial charge on any atom is 0.122 e. The van der Waals surface area contributed by atoms with Crippen molar-refractivity contribution < 1.29 is 4.74 Å². The number of nitrogens with one attached hydrogen (secondary N) is 1. The van der Waals surface area contributed by atoms with Gasteiger partial charge in [0.1, 0.15) is 5.76 Å². The number of hydrogen-bond donors (Lipinski definition) is 1. The molecule has 1 N–H and O–H groups in total. The summed E-state index contributed by atoms with van der Waals surface area (Å²) in [6, 6.07) is 0. The summed E-state index contributed by atoms with van der Waals surface area (Å²) >= 11 is 3.49. The van der Waals surface area contributed by atoms with E-state index in [-0.39, 0.29) is 5.41 Å². The van der Waals surface area contributed by atoms with Gasteiger partial charge in [0.2, 0.25) is 0 Å². The Bertz CT molecular complexity index is 367. The predicted octanol–water partition coefficient (Wildman–Crippen LogP) is 3.41. The highest BCUT2D eigenvalue weighted by Crippen LogP contribution is 2.44. The highest BCUT2D eigenvalue weighted by molar-refractivity contribution is 9.09. The fraction of sp³-hybridized carbons (Fsp3) is 0.600. The normalized spacial score (nSPS) is 24.6. The molecule has 2 nitrogen and oxygen atoms in total. The lowest BCUT2D eigenvalue weighted by Gasteiger charge is -2.33. The summed E-state index contributed by atoms with van der Waals surface area (Å²) in [7, 11) is 0. The molecule has 0 saturated carbocycles. The summed E-state index contributed by atoms with van der Waals surface area (Å²) in [5.74, 6) is 1.55. The second-order valence-electron chi connectivity index (χ2n) is 5.29. The molecule has 1 saturated heterocycles. The van der Waals surface area contributed by atoms with Crippen molar-refractivity contribution in [3.8, 4) is 0 Å². The molecule has 2 rings (SSSR count). The zero-order chi connectivity index (χ0) is 13.0. The van der Waals surface area contributed by atoms with Crippen molar-refractivity contribution in [3.63, 3.8) is 0 Å². The largest absolute Gasteiger partial charge is 0.492 e. The minimum absolute atomic E-state index is 0.213. The number of piperidine rings is 1. The van der Waals surface area contributed by atoms with E-state index >= 15 is 0 Å². The van der Waals surface area contributed by atoms with Gasteiger partial charge in [-0.1, -0.05) is 41.6 Å². The summed E-state index contributed by atoms with van der Waals surface area (Å²) in [4.78, 5) is 0. The number of allylic oxidation sites excluding steroid dienone is 3. The van der Waals surface area contributed by atoms with Gasteiger partial charge in [-0.2, -0.15) is 0 Å². The second kappa shape index (κ2) is 6.07. The van der Waals surface area contributed by atoms with Crippen LogP contribution < -0.4 is 5.32 Å². The summed E-state index contributed by atoms with van der Waals surface area (Å²) in [5.41, 5.74) is 1.52. The Morgan fingerprint density at radius 1 is 1.50 bits per heavy atom. The van der Waals surface area contributed by atoms with E-state index in [4.69, 9.17) is 4.74 Å². The van der Waals surface area contributed by atoms with Crippen molar-refractivity contribution >= 4 is 15.9 Å². The number of rotatable bonds is 4. The monoisotopic (exact) mass is 311 g/mol. The van der Waals surface area contributed by atoms with Crippen molar-refractivity contribution in [2.75, 3.05) is 25.0 Å². The van der Waals surface area contributed by atoms with Gasteiger partial charge in [0.05, 0.1) is 6.61 Å². The zero-order valence-corrected chi connectivity index (χ0v) is 12.6. The Balaban J connectivity index is 2.20. The topological polar surface area (TPSA) is 21.3 Å². The average molecular weight is 312 g/mol. The van der Waals surface area contributed by atoms with E-state index in [0.717, 1.165) is 43.6 Å². The third-order valence-corrected chi connectivity index (χ3v) is 4.95. The molecule has 1 spiro atoms. The smallest absolute Gasteiger partial charge is 0.122 e. The van der Waals surface area contributed by atoms with Gasteiger partial charge < -0.3 is 10.1 Å². The molecular weight excluding hydrogens is 290 g/mol. The molecule has 0 aromatic carbocycles. The fourth-order valence-corrected chi connectivity index (χ4v) is 2.93. The van der Waals surface area contributed by atoms with Gasteiger partial charge >= 0.3 is 0 Å². The molecular formula is C15H22BrNO. The van der Waals surface area contributed by atoms with E-state index in [1.54, 1.807) is 0 Å². The van der Waals surface area contributed by atoms with Gasteiger partial charge in [-0.05, 0) is 37.9 Å². The van der Waals surface area contributed by atoms with Crippen LogP contribution in [0.1, 0.15) is 19.8 Å². The fourth-order valence-electron chi connectivity index (χ4n) is 2.71. The van der Waals surface area contributed by atoms with Gasteiger partial charge in [-0.25, -0.2) is 0 Å². The first-order valence-corrected chi connectivity index (χ1v) is 7.79. The van der Waals surface area contributed by atoms with Crippen LogP contribution in [0.4, 0.5) is 0 Å². The minimum Gasteiger partial charge on any atom is -0.492 e. The first kappa shape index (κ1) is 13.9. The molecule has 2 aliphatic heterocycles. The van der Waals surface area contributed by atoms with Crippen molar-refractivity contribution in [1.29, 1.82) is 0 Å². The molecule has 100 valence electrons. The molecule has 2 aliphatic rings. The Kier molecular flexibility index (Phi) is 4.68. The van der Waals surface area contributed by atoms with E-state index in [1.165, 1.54) is 5.57 Å². The van der Waals surface area contributed by atoms with Gasteiger partial charge in [-0.15, -0.1) is 0 Å². The van der Waals surface area contributed by atoms with Gasteiger partial charge in [0, 0.05) is 16.3 Å². The molecule has 0 aromatic rings. The second-order valence-corrected chi connectivity index (χ2v) is 5.94. The molecule has 0 bridgehead atoms. The summed E-state index contributed by atoms with van der Waals surface area (Å²) in [5, 5.41) is 4.40. The Morgan fingerprint density at radius 2 is 2.22 bits per heavy atom. The van der Waals surface area contributed by atoms with E-state index in [1.807, 2.05) is 6.08 Å². The van der Waals surface area contributed by atoms with Crippen LogP contribution in [-0.2, 0) is 4.74 Å². The van der Waals surface area contributed by atoms with Gasteiger partial charge in [0.25, 0.3) is 0 Å². The molecule has 1 fully saturated rings. The van der Waals surface area contributed by atoms with E-state index in [0.29, 0.717) is 5.92 Å². The average Bonchev–Trinajstić information content (AvgIpc) is 2.74. The van der Waals surface area contributed by atoms with Gasteiger partial charge in [0.15, 0.2) is 0 Å². The quantitative estimate of drug-likeness (QED) is 0.803. The van der Waals surface area contributed by atoms with Crippen molar-refractivity contribution in [2.45, 2.75) is 19.8 Å². The molecule has 1 atom stereocenters. The number of halogens is 1. The first-order valence-electron chi connectivity index (χ1n) is 6.67. The predicted molar refractivity (Wildman–Crippen MR) is 79.8 cm³/mol. The SMILES string of the molecule is C=CC1=C(/C=C\C(C)CBr)OCC12CCNCC2.